The zero-order chi connectivity index (χ0) is 15.6. The predicted octanol–water partition coefficient (Wildman–Crippen LogP) is 2.56. The maximum absolute atomic E-state index is 13.0. The first-order valence-corrected chi connectivity index (χ1v) is 8.28. The van der Waals surface area contributed by atoms with E-state index >= 15 is 0 Å². The highest BCUT2D eigenvalue weighted by atomic mass is 32.2. The van der Waals surface area contributed by atoms with Crippen molar-refractivity contribution in [1.29, 1.82) is 0 Å². The number of sulfone groups is 1. The van der Waals surface area contributed by atoms with Crippen molar-refractivity contribution in [3.8, 4) is 0 Å². The van der Waals surface area contributed by atoms with Crippen molar-refractivity contribution in [3.63, 3.8) is 0 Å². The van der Waals surface area contributed by atoms with E-state index in [1.165, 1.54) is 0 Å². The molecule has 112 valence electrons. The van der Waals surface area contributed by atoms with Gasteiger partial charge in [-0.05, 0) is 37.1 Å². The lowest BCUT2D eigenvalue weighted by molar-refractivity contribution is 0.590. The molecule has 4 nitrogen and oxygen atoms in total. The largest absolute Gasteiger partial charge is 0.324 e. The third-order valence-corrected chi connectivity index (χ3v) is 5.30. The molecule has 2 unspecified atom stereocenters. The first kappa shape index (κ1) is 15.7. The summed E-state index contributed by atoms with van der Waals surface area (Å²) in [5.74, 6) is 0. The second-order valence-electron chi connectivity index (χ2n) is 5.16. The SMILES string of the molecule is CC(N)c1ccccc1S(=O)(=O)c1ccccc1C(C)N. The van der Waals surface area contributed by atoms with Gasteiger partial charge in [0.05, 0.1) is 9.79 Å². The molecular weight excluding hydrogens is 284 g/mol. The molecule has 21 heavy (non-hydrogen) atoms. The minimum Gasteiger partial charge on any atom is -0.324 e. The summed E-state index contributed by atoms with van der Waals surface area (Å²) in [5.41, 5.74) is 13.0. The van der Waals surface area contributed by atoms with E-state index in [-0.39, 0.29) is 21.9 Å². The molecular formula is C16H20N2O2S. The van der Waals surface area contributed by atoms with Crippen LogP contribution in [0.4, 0.5) is 0 Å². The fourth-order valence-electron chi connectivity index (χ4n) is 2.32. The standard InChI is InChI=1S/C16H20N2O2S/c1-11(17)13-7-3-5-9-15(13)21(19,20)16-10-6-4-8-14(16)12(2)18/h3-12H,17-18H2,1-2H3. The summed E-state index contributed by atoms with van der Waals surface area (Å²) in [6.45, 7) is 3.54. The third kappa shape index (κ3) is 3.00. The minimum atomic E-state index is -3.65. The van der Waals surface area contributed by atoms with E-state index in [2.05, 4.69) is 0 Å². The average molecular weight is 304 g/mol. The quantitative estimate of drug-likeness (QED) is 0.909. The molecule has 2 aromatic rings. The second-order valence-corrected chi connectivity index (χ2v) is 7.04. The lowest BCUT2D eigenvalue weighted by Crippen LogP contribution is -2.16. The first-order chi connectivity index (χ1) is 9.85. The topological polar surface area (TPSA) is 86.2 Å². The van der Waals surface area contributed by atoms with Crippen LogP contribution in [0.25, 0.3) is 0 Å². The van der Waals surface area contributed by atoms with Crippen LogP contribution in [0.15, 0.2) is 58.3 Å². The van der Waals surface area contributed by atoms with Crippen LogP contribution in [0.2, 0.25) is 0 Å². The van der Waals surface area contributed by atoms with Gasteiger partial charge in [-0.25, -0.2) is 8.42 Å². The van der Waals surface area contributed by atoms with Gasteiger partial charge in [0.2, 0.25) is 9.84 Å². The lowest BCUT2D eigenvalue weighted by atomic mass is 10.1. The summed E-state index contributed by atoms with van der Waals surface area (Å²) in [7, 11) is -3.65. The molecule has 0 spiro atoms. The maximum Gasteiger partial charge on any atom is 0.207 e. The van der Waals surface area contributed by atoms with Crippen LogP contribution >= 0.6 is 0 Å². The molecule has 0 aromatic heterocycles. The van der Waals surface area contributed by atoms with Gasteiger partial charge in [-0.3, -0.25) is 0 Å². The van der Waals surface area contributed by atoms with Crippen molar-refractivity contribution < 1.29 is 8.42 Å². The summed E-state index contributed by atoms with van der Waals surface area (Å²) >= 11 is 0. The van der Waals surface area contributed by atoms with E-state index in [1.807, 2.05) is 0 Å². The third-order valence-electron chi connectivity index (χ3n) is 3.40. The summed E-state index contributed by atoms with van der Waals surface area (Å²) in [6, 6.07) is 12.9. The Morgan fingerprint density at radius 3 is 1.43 bits per heavy atom. The molecule has 0 fully saturated rings. The smallest absolute Gasteiger partial charge is 0.207 e. The van der Waals surface area contributed by atoms with Crippen molar-refractivity contribution >= 4 is 9.84 Å². The summed E-state index contributed by atoms with van der Waals surface area (Å²) < 4.78 is 25.9. The van der Waals surface area contributed by atoms with Gasteiger partial charge in [-0.15, -0.1) is 0 Å². The van der Waals surface area contributed by atoms with Gasteiger partial charge >= 0.3 is 0 Å². The number of nitrogens with two attached hydrogens (primary N) is 2. The van der Waals surface area contributed by atoms with Crippen LogP contribution in [0.1, 0.15) is 37.1 Å². The molecule has 0 heterocycles. The Kier molecular flexibility index (Phi) is 4.46. The Balaban J connectivity index is 2.70. The number of hydrogen-bond donors (Lipinski definition) is 2. The van der Waals surface area contributed by atoms with Crippen molar-refractivity contribution in [1.82, 2.24) is 0 Å². The summed E-state index contributed by atoms with van der Waals surface area (Å²) in [5, 5.41) is 0. The fourth-order valence-corrected chi connectivity index (χ4v) is 4.20. The minimum absolute atomic E-state index is 0.244. The average Bonchev–Trinajstić information content (AvgIpc) is 2.47. The highest BCUT2D eigenvalue weighted by molar-refractivity contribution is 7.91. The van der Waals surface area contributed by atoms with Crippen molar-refractivity contribution in [2.75, 3.05) is 0 Å². The van der Waals surface area contributed by atoms with Gasteiger partial charge in [-0.1, -0.05) is 36.4 Å². The Labute approximate surface area is 125 Å². The molecule has 2 rings (SSSR count). The highest BCUT2D eigenvalue weighted by Gasteiger charge is 2.25. The molecule has 4 N–H and O–H groups in total. The lowest BCUT2D eigenvalue weighted by Gasteiger charge is -2.16. The van der Waals surface area contributed by atoms with Crippen molar-refractivity contribution in [3.05, 3.63) is 59.7 Å². The van der Waals surface area contributed by atoms with Gasteiger partial charge < -0.3 is 11.5 Å². The molecule has 0 amide bonds. The van der Waals surface area contributed by atoms with E-state index in [9.17, 15) is 8.42 Å². The first-order valence-electron chi connectivity index (χ1n) is 6.79. The summed E-state index contributed by atoms with van der Waals surface area (Å²) in [6.07, 6.45) is 0. The fraction of sp³-hybridized carbons (Fsp3) is 0.250. The van der Waals surface area contributed by atoms with E-state index in [0.717, 1.165) is 0 Å². The van der Waals surface area contributed by atoms with Crippen LogP contribution in [0.5, 0.6) is 0 Å². The normalized spacial score (nSPS) is 14.7. The molecule has 0 saturated heterocycles. The summed E-state index contributed by atoms with van der Waals surface area (Å²) in [4.78, 5) is 0.487. The molecule has 5 heteroatoms. The van der Waals surface area contributed by atoms with Gasteiger partial charge in [0.15, 0.2) is 0 Å². The van der Waals surface area contributed by atoms with E-state index < -0.39 is 9.84 Å². The number of hydrogen-bond acceptors (Lipinski definition) is 4. The Morgan fingerprint density at radius 1 is 0.762 bits per heavy atom. The van der Waals surface area contributed by atoms with Crippen LogP contribution in [0.3, 0.4) is 0 Å². The maximum atomic E-state index is 13.0. The molecule has 0 aliphatic heterocycles. The van der Waals surface area contributed by atoms with Gasteiger partial charge in [-0.2, -0.15) is 0 Å². The predicted molar refractivity (Wildman–Crippen MR) is 83.5 cm³/mol. The molecule has 0 saturated carbocycles. The van der Waals surface area contributed by atoms with Crippen LogP contribution in [-0.2, 0) is 9.84 Å². The van der Waals surface area contributed by atoms with Crippen LogP contribution in [0, 0.1) is 0 Å². The molecule has 0 aliphatic rings. The van der Waals surface area contributed by atoms with Crippen molar-refractivity contribution in [2.24, 2.45) is 11.5 Å². The zero-order valence-corrected chi connectivity index (χ0v) is 13.0. The number of benzene rings is 2. The Bertz CT molecular complexity index is 680. The second kappa shape index (κ2) is 5.97. The highest BCUT2D eigenvalue weighted by Crippen LogP contribution is 2.30. The number of rotatable bonds is 4. The Hall–Kier alpha value is -1.69. The van der Waals surface area contributed by atoms with E-state index in [0.29, 0.717) is 11.1 Å². The molecule has 0 aliphatic carbocycles. The van der Waals surface area contributed by atoms with Gasteiger partial charge in [0.25, 0.3) is 0 Å². The Morgan fingerprint density at radius 2 is 1.10 bits per heavy atom. The van der Waals surface area contributed by atoms with Crippen LogP contribution in [-0.4, -0.2) is 8.42 Å². The molecule has 0 radical (unpaired) electrons. The molecule has 2 atom stereocenters. The van der Waals surface area contributed by atoms with Gasteiger partial charge in [0, 0.05) is 12.1 Å². The van der Waals surface area contributed by atoms with E-state index in [1.54, 1.807) is 62.4 Å². The molecule has 0 bridgehead atoms. The van der Waals surface area contributed by atoms with Gasteiger partial charge in [0.1, 0.15) is 0 Å². The zero-order valence-electron chi connectivity index (χ0n) is 12.2. The van der Waals surface area contributed by atoms with Crippen molar-refractivity contribution in [2.45, 2.75) is 35.7 Å². The van der Waals surface area contributed by atoms with E-state index in [4.69, 9.17) is 11.5 Å². The monoisotopic (exact) mass is 304 g/mol. The molecule has 2 aromatic carbocycles. The van der Waals surface area contributed by atoms with Crippen LogP contribution < -0.4 is 11.5 Å².